The van der Waals surface area contributed by atoms with Gasteiger partial charge in [0.2, 0.25) is 0 Å². The standard InChI is InChI=1S/C17H20N4O3.HI/c1-23-15-5-3-4-14(10-15)20-16(18)19-11-12-6-8-13(9-7-12)21-17(22)24-2;/h3-10H,11H2,1-2H3,(H,21,22)(H3,18,19,20);1H. The van der Waals surface area contributed by atoms with Gasteiger partial charge in [0.05, 0.1) is 20.8 Å². The Hall–Kier alpha value is -2.49. The molecule has 134 valence electrons. The molecular weight excluding hydrogens is 435 g/mol. The molecule has 0 atom stereocenters. The van der Waals surface area contributed by atoms with Gasteiger partial charge in [0.15, 0.2) is 5.96 Å². The van der Waals surface area contributed by atoms with Gasteiger partial charge in [0.25, 0.3) is 0 Å². The molecule has 8 heteroatoms. The fourth-order valence-corrected chi connectivity index (χ4v) is 1.93. The van der Waals surface area contributed by atoms with Crippen molar-refractivity contribution in [2.75, 3.05) is 24.9 Å². The number of nitrogens with two attached hydrogens (primary N) is 1. The Balaban J connectivity index is 0.00000312. The van der Waals surface area contributed by atoms with Gasteiger partial charge in [-0.05, 0) is 29.8 Å². The summed E-state index contributed by atoms with van der Waals surface area (Å²) in [5, 5.41) is 5.59. The highest BCUT2D eigenvalue weighted by Crippen LogP contribution is 2.16. The number of nitrogens with zero attached hydrogens (tertiary/aromatic N) is 1. The summed E-state index contributed by atoms with van der Waals surface area (Å²) in [5.74, 6) is 1.04. The van der Waals surface area contributed by atoms with Crippen molar-refractivity contribution in [1.29, 1.82) is 0 Å². The number of amides is 1. The molecule has 0 aliphatic heterocycles. The summed E-state index contributed by atoms with van der Waals surface area (Å²) < 4.78 is 9.68. The van der Waals surface area contributed by atoms with E-state index in [4.69, 9.17) is 10.5 Å². The van der Waals surface area contributed by atoms with Crippen LogP contribution in [0.1, 0.15) is 5.56 Å². The minimum atomic E-state index is -0.507. The third kappa shape index (κ3) is 6.87. The van der Waals surface area contributed by atoms with Crippen LogP contribution in [0.4, 0.5) is 16.2 Å². The van der Waals surface area contributed by atoms with Gasteiger partial charge in [-0.2, -0.15) is 0 Å². The first kappa shape index (κ1) is 20.6. The van der Waals surface area contributed by atoms with Crippen molar-refractivity contribution in [3.8, 4) is 5.75 Å². The number of benzene rings is 2. The Morgan fingerprint density at radius 3 is 2.44 bits per heavy atom. The van der Waals surface area contributed by atoms with Gasteiger partial charge in [-0.3, -0.25) is 5.32 Å². The van der Waals surface area contributed by atoms with Gasteiger partial charge in [0, 0.05) is 17.4 Å². The lowest BCUT2D eigenvalue weighted by atomic mass is 10.2. The van der Waals surface area contributed by atoms with E-state index < -0.39 is 6.09 Å². The first-order valence-corrected chi connectivity index (χ1v) is 7.25. The molecule has 0 aliphatic rings. The first-order chi connectivity index (χ1) is 11.6. The predicted octanol–water partition coefficient (Wildman–Crippen LogP) is 3.42. The zero-order valence-electron chi connectivity index (χ0n) is 14.0. The molecule has 0 unspecified atom stereocenters. The van der Waals surface area contributed by atoms with Crippen LogP contribution >= 0.6 is 24.0 Å². The largest absolute Gasteiger partial charge is 0.497 e. The highest BCUT2D eigenvalue weighted by molar-refractivity contribution is 14.0. The molecule has 2 aromatic rings. The van der Waals surface area contributed by atoms with Gasteiger partial charge < -0.3 is 20.5 Å². The van der Waals surface area contributed by atoms with E-state index in [0.717, 1.165) is 17.0 Å². The molecule has 4 N–H and O–H groups in total. The zero-order chi connectivity index (χ0) is 17.4. The number of nitrogens with one attached hydrogen (secondary N) is 2. The molecule has 0 aromatic heterocycles. The molecule has 0 spiro atoms. The van der Waals surface area contributed by atoms with Gasteiger partial charge in [-0.25, -0.2) is 9.79 Å². The molecule has 0 saturated heterocycles. The average molecular weight is 456 g/mol. The van der Waals surface area contributed by atoms with Crippen LogP contribution in [0, 0.1) is 0 Å². The number of hydrogen-bond donors (Lipinski definition) is 3. The van der Waals surface area contributed by atoms with E-state index >= 15 is 0 Å². The number of anilines is 2. The van der Waals surface area contributed by atoms with Gasteiger partial charge in [-0.15, -0.1) is 24.0 Å². The van der Waals surface area contributed by atoms with Crippen LogP contribution in [0.15, 0.2) is 53.5 Å². The van der Waals surface area contributed by atoms with E-state index in [1.54, 1.807) is 19.2 Å². The number of carbonyl (C=O) groups is 1. The van der Waals surface area contributed by atoms with Crippen molar-refractivity contribution in [3.05, 3.63) is 54.1 Å². The minimum absolute atomic E-state index is 0. The average Bonchev–Trinajstić information content (AvgIpc) is 2.61. The van der Waals surface area contributed by atoms with Crippen molar-refractivity contribution < 1.29 is 14.3 Å². The molecular formula is C17H21IN4O3. The summed E-state index contributed by atoms with van der Waals surface area (Å²) in [6.07, 6.45) is -0.507. The highest BCUT2D eigenvalue weighted by atomic mass is 127. The quantitative estimate of drug-likeness (QED) is 0.364. The van der Waals surface area contributed by atoms with Crippen LogP contribution in [0.25, 0.3) is 0 Å². The van der Waals surface area contributed by atoms with Crippen LogP contribution in [0.2, 0.25) is 0 Å². The van der Waals surface area contributed by atoms with E-state index in [9.17, 15) is 4.79 Å². The van der Waals surface area contributed by atoms with Crippen LogP contribution < -0.4 is 21.1 Å². The second-order valence-electron chi connectivity index (χ2n) is 4.87. The van der Waals surface area contributed by atoms with E-state index in [0.29, 0.717) is 18.2 Å². The maximum Gasteiger partial charge on any atom is 0.411 e. The third-order valence-electron chi connectivity index (χ3n) is 3.16. The zero-order valence-corrected chi connectivity index (χ0v) is 16.3. The molecule has 0 heterocycles. The summed E-state index contributed by atoms with van der Waals surface area (Å²) in [5.41, 5.74) is 8.29. The molecule has 1 amide bonds. The van der Waals surface area contributed by atoms with Gasteiger partial charge in [-0.1, -0.05) is 18.2 Å². The Kier molecular flexibility index (Phi) is 8.54. The Morgan fingerprint density at radius 1 is 1.08 bits per heavy atom. The van der Waals surface area contributed by atoms with Gasteiger partial charge in [0.1, 0.15) is 5.75 Å². The topological polar surface area (TPSA) is 98.0 Å². The third-order valence-corrected chi connectivity index (χ3v) is 3.16. The molecule has 0 fully saturated rings. The summed E-state index contributed by atoms with van der Waals surface area (Å²) >= 11 is 0. The van der Waals surface area contributed by atoms with Crippen molar-refractivity contribution in [2.45, 2.75) is 6.54 Å². The second kappa shape index (κ2) is 10.4. The number of ether oxygens (including phenoxy) is 2. The van der Waals surface area contributed by atoms with E-state index in [2.05, 4.69) is 20.4 Å². The van der Waals surface area contributed by atoms with Crippen LogP contribution in [-0.2, 0) is 11.3 Å². The Morgan fingerprint density at radius 2 is 1.80 bits per heavy atom. The molecule has 7 nitrogen and oxygen atoms in total. The maximum atomic E-state index is 11.1. The Labute approximate surface area is 163 Å². The number of rotatable bonds is 5. The number of carbonyl (C=O) groups excluding carboxylic acids is 1. The number of hydrogen-bond acceptors (Lipinski definition) is 4. The summed E-state index contributed by atoms with van der Waals surface area (Å²) in [6, 6.07) is 14.7. The fraction of sp³-hybridized carbons (Fsp3) is 0.176. The molecule has 0 bridgehead atoms. The van der Waals surface area contributed by atoms with E-state index in [1.165, 1.54) is 7.11 Å². The lowest BCUT2D eigenvalue weighted by Crippen LogP contribution is -2.22. The van der Waals surface area contributed by atoms with E-state index in [-0.39, 0.29) is 24.0 Å². The second-order valence-corrected chi connectivity index (χ2v) is 4.87. The first-order valence-electron chi connectivity index (χ1n) is 7.25. The van der Waals surface area contributed by atoms with Crippen molar-refractivity contribution in [3.63, 3.8) is 0 Å². The van der Waals surface area contributed by atoms with Crippen LogP contribution in [-0.4, -0.2) is 26.3 Å². The number of guanidine groups is 1. The number of halogens is 1. The van der Waals surface area contributed by atoms with E-state index in [1.807, 2.05) is 36.4 Å². The van der Waals surface area contributed by atoms with Crippen LogP contribution in [0.5, 0.6) is 5.75 Å². The molecule has 25 heavy (non-hydrogen) atoms. The van der Waals surface area contributed by atoms with Crippen molar-refractivity contribution >= 4 is 47.4 Å². The maximum absolute atomic E-state index is 11.1. The number of methoxy groups -OCH3 is 2. The summed E-state index contributed by atoms with van der Waals surface area (Å²) in [6.45, 7) is 0.418. The predicted molar refractivity (Wildman–Crippen MR) is 110 cm³/mol. The van der Waals surface area contributed by atoms with Gasteiger partial charge >= 0.3 is 6.09 Å². The lowest BCUT2D eigenvalue weighted by molar-refractivity contribution is 0.187. The number of aliphatic imine (C=N–C) groups is 1. The molecule has 2 aromatic carbocycles. The van der Waals surface area contributed by atoms with Crippen molar-refractivity contribution in [2.24, 2.45) is 10.7 Å². The Bertz CT molecular complexity index is 720. The molecule has 0 radical (unpaired) electrons. The lowest BCUT2D eigenvalue weighted by Gasteiger charge is -2.08. The smallest absolute Gasteiger partial charge is 0.411 e. The van der Waals surface area contributed by atoms with Crippen LogP contribution in [0.3, 0.4) is 0 Å². The molecule has 0 aliphatic carbocycles. The SMILES string of the molecule is COC(=O)Nc1ccc(CN=C(N)Nc2cccc(OC)c2)cc1.I. The molecule has 0 saturated carbocycles. The summed E-state index contributed by atoms with van der Waals surface area (Å²) in [4.78, 5) is 15.4. The fourth-order valence-electron chi connectivity index (χ4n) is 1.93. The summed E-state index contributed by atoms with van der Waals surface area (Å²) in [7, 11) is 2.92. The highest BCUT2D eigenvalue weighted by Gasteiger charge is 2.01. The minimum Gasteiger partial charge on any atom is -0.497 e. The van der Waals surface area contributed by atoms with Crippen molar-refractivity contribution in [1.82, 2.24) is 0 Å². The monoisotopic (exact) mass is 456 g/mol. The molecule has 2 rings (SSSR count). The normalized spacial score (nSPS) is 10.4.